The highest BCUT2D eigenvalue weighted by Crippen LogP contribution is 2.42. The second kappa shape index (κ2) is 9.08. The van der Waals surface area contributed by atoms with Crippen molar-refractivity contribution in [1.82, 2.24) is 19.8 Å². The summed E-state index contributed by atoms with van der Waals surface area (Å²) in [7, 11) is 0. The fraction of sp³-hybridized carbons (Fsp3) is 0.400. The van der Waals surface area contributed by atoms with Gasteiger partial charge in [0.25, 0.3) is 0 Å². The zero-order chi connectivity index (χ0) is 23.8. The van der Waals surface area contributed by atoms with E-state index in [-0.39, 0.29) is 41.9 Å². The van der Waals surface area contributed by atoms with Crippen LogP contribution >= 0.6 is 0 Å². The molecule has 2 saturated heterocycles. The summed E-state index contributed by atoms with van der Waals surface area (Å²) in [6.07, 6.45) is -0.0134. The molecule has 0 spiro atoms. The van der Waals surface area contributed by atoms with Crippen LogP contribution in [0, 0.1) is 5.92 Å². The molecule has 4 N–H and O–H groups in total. The van der Waals surface area contributed by atoms with Crippen LogP contribution in [0.2, 0.25) is 0 Å². The Balaban J connectivity index is 1.31. The number of hydrogen-bond donors (Lipinski definition) is 4. The largest absolute Gasteiger partial charge is 0.393 e. The van der Waals surface area contributed by atoms with E-state index in [0.29, 0.717) is 42.8 Å². The van der Waals surface area contributed by atoms with Crippen LogP contribution in [0.3, 0.4) is 0 Å². The lowest BCUT2D eigenvalue weighted by molar-refractivity contribution is -0.130. The first-order valence-corrected chi connectivity index (χ1v) is 11.6. The van der Waals surface area contributed by atoms with Crippen molar-refractivity contribution in [2.75, 3.05) is 31.5 Å². The molecule has 3 aromatic rings. The summed E-state index contributed by atoms with van der Waals surface area (Å²) >= 11 is 0. The zero-order valence-electron chi connectivity index (χ0n) is 19.0. The van der Waals surface area contributed by atoms with Crippen LogP contribution in [0.1, 0.15) is 24.8 Å². The van der Waals surface area contributed by atoms with E-state index in [1.807, 2.05) is 28.0 Å². The molecule has 2 aliphatic rings. The van der Waals surface area contributed by atoms with Gasteiger partial charge in [0.1, 0.15) is 0 Å². The molecule has 3 heterocycles. The Morgan fingerprint density at radius 3 is 2.62 bits per heavy atom. The van der Waals surface area contributed by atoms with Crippen molar-refractivity contribution in [1.29, 1.82) is 0 Å². The lowest BCUT2D eigenvalue weighted by Gasteiger charge is -2.30. The smallest absolute Gasteiger partial charge is 0.323 e. The number of fused-ring (bicyclic) bond motifs is 2. The standard InChI is InChI=1S/C25H29N5O4/c1-15(31)30-12-18(16-5-3-2-4-6-16)24-21(30)13-29(10-9-22(24)32)14-23(33)26-17-7-8-19-20(11-17)28-25(34)27-19/h2-8,11,18,21-22,24,32H,9-10,12-14H2,1H3,(H,26,33)(H2,27,28,34)/t18-,21+,22+,24-/m0/s1. The molecule has 178 valence electrons. The second-order valence-electron chi connectivity index (χ2n) is 9.31. The van der Waals surface area contributed by atoms with Gasteiger partial charge in [0, 0.05) is 44.1 Å². The van der Waals surface area contributed by atoms with Gasteiger partial charge in [-0.05, 0) is 30.2 Å². The molecule has 0 aliphatic carbocycles. The van der Waals surface area contributed by atoms with Crippen LogP contribution < -0.4 is 11.0 Å². The molecule has 5 rings (SSSR count). The van der Waals surface area contributed by atoms with E-state index in [1.54, 1.807) is 25.1 Å². The number of anilines is 1. The van der Waals surface area contributed by atoms with Gasteiger partial charge >= 0.3 is 5.69 Å². The fourth-order valence-corrected chi connectivity index (χ4v) is 5.60. The highest BCUT2D eigenvalue weighted by Gasteiger charge is 2.48. The van der Waals surface area contributed by atoms with E-state index >= 15 is 0 Å². The number of carbonyl (C=O) groups is 2. The van der Waals surface area contributed by atoms with Crippen molar-refractivity contribution < 1.29 is 14.7 Å². The fourth-order valence-electron chi connectivity index (χ4n) is 5.60. The average Bonchev–Trinajstić information content (AvgIpc) is 3.32. The van der Waals surface area contributed by atoms with E-state index in [9.17, 15) is 19.5 Å². The molecule has 0 saturated carbocycles. The van der Waals surface area contributed by atoms with E-state index in [4.69, 9.17) is 0 Å². The molecule has 0 bridgehead atoms. The summed E-state index contributed by atoms with van der Waals surface area (Å²) in [4.78, 5) is 46.0. The van der Waals surface area contributed by atoms with Crippen molar-refractivity contribution >= 4 is 28.5 Å². The first-order chi connectivity index (χ1) is 16.4. The molecule has 0 radical (unpaired) electrons. The average molecular weight is 464 g/mol. The predicted molar refractivity (Wildman–Crippen MR) is 128 cm³/mol. The molecule has 2 amide bonds. The van der Waals surface area contributed by atoms with E-state index < -0.39 is 6.10 Å². The van der Waals surface area contributed by atoms with E-state index in [1.165, 1.54) is 0 Å². The first-order valence-electron chi connectivity index (χ1n) is 11.6. The maximum atomic E-state index is 12.8. The van der Waals surface area contributed by atoms with Gasteiger partial charge in [-0.1, -0.05) is 30.3 Å². The van der Waals surface area contributed by atoms with Crippen molar-refractivity contribution in [2.45, 2.75) is 31.4 Å². The number of benzene rings is 2. The number of amides is 2. The molecule has 9 nitrogen and oxygen atoms in total. The predicted octanol–water partition coefficient (Wildman–Crippen LogP) is 1.49. The molecule has 4 atom stereocenters. The normalized spacial score (nSPS) is 25.2. The lowest BCUT2D eigenvalue weighted by atomic mass is 9.81. The Bertz CT molecular complexity index is 1250. The molecule has 34 heavy (non-hydrogen) atoms. The summed E-state index contributed by atoms with van der Waals surface area (Å²) in [5.74, 6) is -0.209. The van der Waals surface area contributed by atoms with Crippen molar-refractivity contribution in [3.05, 3.63) is 64.6 Å². The molecule has 1 aromatic heterocycles. The second-order valence-corrected chi connectivity index (χ2v) is 9.31. The van der Waals surface area contributed by atoms with Gasteiger partial charge in [-0.25, -0.2) is 4.79 Å². The Morgan fingerprint density at radius 2 is 1.85 bits per heavy atom. The number of carbonyl (C=O) groups excluding carboxylic acids is 2. The highest BCUT2D eigenvalue weighted by atomic mass is 16.3. The number of aliphatic hydroxyl groups excluding tert-OH is 1. The molecule has 2 aliphatic heterocycles. The molecule has 2 fully saturated rings. The SMILES string of the molecule is CC(=O)N1C[C@@H](c2ccccc2)[C@@H]2[C@H](O)CCN(CC(=O)Nc3ccc4[nH]c(=O)[nH]c4c3)C[C@H]21. The summed E-state index contributed by atoms with van der Waals surface area (Å²) < 4.78 is 0. The Labute approximate surface area is 196 Å². The Kier molecular flexibility index (Phi) is 5.97. The van der Waals surface area contributed by atoms with Crippen LogP contribution in [0.4, 0.5) is 5.69 Å². The van der Waals surface area contributed by atoms with Gasteiger partial charge in [0.05, 0.1) is 29.7 Å². The van der Waals surface area contributed by atoms with Crippen LogP contribution in [0.5, 0.6) is 0 Å². The van der Waals surface area contributed by atoms with Gasteiger partial charge in [-0.3, -0.25) is 14.5 Å². The summed E-state index contributed by atoms with van der Waals surface area (Å²) in [5.41, 5.74) is 2.73. The number of hydrogen-bond acceptors (Lipinski definition) is 5. The third-order valence-corrected chi connectivity index (χ3v) is 7.13. The number of nitrogens with zero attached hydrogens (tertiary/aromatic N) is 2. The van der Waals surface area contributed by atoms with Crippen molar-refractivity contribution in [3.63, 3.8) is 0 Å². The van der Waals surface area contributed by atoms with Gasteiger partial charge in [-0.2, -0.15) is 0 Å². The van der Waals surface area contributed by atoms with E-state index in [0.717, 1.165) is 5.56 Å². The van der Waals surface area contributed by atoms with E-state index in [2.05, 4.69) is 27.4 Å². The number of aromatic nitrogens is 2. The zero-order valence-corrected chi connectivity index (χ0v) is 19.0. The number of H-pyrrole nitrogens is 2. The maximum Gasteiger partial charge on any atom is 0.323 e. The number of aromatic amines is 2. The first kappa shape index (κ1) is 22.4. The monoisotopic (exact) mass is 463 g/mol. The summed E-state index contributed by atoms with van der Waals surface area (Å²) in [6, 6.07) is 15.1. The minimum absolute atomic E-state index is 0.0132. The number of nitrogens with one attached hydrogen (secondary N) is 3. The molecule has 9 heteroatoms. The number of likely N-dealkylation sites (tertiary alicyclic amines) is 2. The quantitative estimate of drug-likeness (QED) is 0.467. The molecule has 0 unspecified atom stereocenters. The number of imidazole rings is 1. The van der Waals surface area contributed by atoms with Gasteiger partial charge in [0.15, 0.2) is 0 Å². The Morgan fingerprint density at radius 1 is 1.09 bits per heavy atom. The third-order valence-electron chi connectivity index (χ3n) is 7.13. The lowest BCUT2D eigenvalue weighted by Crippen LogP contribution is -2.46. The third kappa shape index (κ3) is 4.36. The minimum atomic E-state index is -0.555. The van der Waals surface area contributed by atoms with Crippen molar-refractivity contribution in [2.24, 2.45) is 5.92 Å². The number of rotatable bonds is 4. The van der Waals surface area contributed by atoms with Gasteiger partial charge in [-0.15, -0.1) is 0 Å². The molecular weight excluding hydrogens is 434 g/mol. The van der Waals surface area contributed by atoms with Gasteiger partial charge in [0.2, 0.25) is 11.8 Å². The number of aliphatic hydroxyl groups is 1. The maximum absolute atomic E-state index is 12.8. The summed E-state index contributed by atoms with van der Waals surface area (Å²) in [5, 5.41) is 14.0. The van der Waals surface area contributed by atoms with Crippen LogP contribution in [0.25, 0.3) is 11.0 Å². The van der Waals surface area contributed by atoms with Crippen molar-refractivity contribution in [3.8, 4) is 0 Å². The van der Waals surface area contributed by atoms with Gasteiger partial charge < -0.3 is 25.3 Å². The van der Waals surface area contributed by atoms with Crippen LogP contribution in [-0.2, 0) is 9.59 Å². The minimum Gasteiger partial charge on any atom is -0.393 e. The van der Waals surface area contributed by atoms with Crippen LogP contribution in [-0.4, -0.2) is 75.0 Å². The Hall–Kier alpha value is -3.43. The highest BCUT2D eigenvalue weighted by molar-refractivity contribution is 5.94. The molecule has 2 aromatic carbocycles. The molecular formula is C25H29N5O4. The summed E-state index contributed by atoms with van der Waals surface area (Å²) in [6.45, 7) is 3.39. The topological polar surface area (TPSA) is 122 Å². The van der Waals surface area contributed by atoms with Crippen LogP contribution in [0.15, 0.2) is 53.3 Å².